The lowest BCUT2D eigenvalue weighted by molar-refractivity contribution is 0.243. The van der Waals surface area contributed by atoms with Gasteiger partial charge in [-0.15, -0.1) is 0 Å². The number of nitriles is 1. The van der Waals surface area contributed by atoms with Crippen LogP contribution in [0.2, 0.25) is 0 Å². The zero-order valence-electron chi connectivity index (χ0n) is 13.5. The lowest BCUT2D eigenvalue weighted by Crippen LogP contribution is -2.47. The number of rotatable bonds is 7. The van der Waals surface area contributed by atoms with Crippen LogP contribution < -0.4 is 5.32 Å². The first-order valence-corrected chi connectivity index (χ1v) is 7.92. The molecule has 1 N–H and O–H groups in total. The zero-order chi connectivity index (χ0) is 15.3. The second-order valence-corrected chi connectivity index (χ2v) is 6.18. The van der Waals surface area contributed by atoms with Crippen LogP contribution in [0.15, 0.2) is 12.4 Å². The van der Waals surface area contributed by atoms with Crippen LogP contribution in [-0.4, -0.2) is 40.1 Å². The quantitative estimate of drug-likeness (QED) is 0.833. The number of imidazole rings is 1. The van der Waals surface area contributed by atoms with Gasteiger partial charge in [0.05, 0.1) is 12.6 Å². The molecule has 1 aromatic heterocycles. The van der Waals surface area contributed by atoms with E-state index in [0.717, 1.165) is 51.1 Å². The first-order chi connectivity index (χ1) is 10.1. The van der Waals surface area contributed by atoms with Gasteiger partial charge in [0.1, 0.15) is 11.4 Å². The molecule has 0 spiro atoms. The highest BCUT2D eigenvalue weighted by atomic mass is 15.1. The third-order valence-electron chi connectivity index (χ3n) is 4.70. The summed E-state index contributed by atoms with van der Waals surface area (Å²) >= 11 is 0. The van der Waals surface area contributed by atoms with E-state index in [0.29, 0.717) is 5.92 Å². The van der Waals surface area contributed by atoms with Gasteiger partial charge < -0.3 is 4.57 Å². The van der Waals surface area contributed by atoms with Crippen LogP contribution >= 0.6 is 0 Å². The largest absolute Gasteiger partial charge is 0.337 e. The van der Waals surface area contributed by atoms with Crippen LogP contribution in [0.5, 0.6) is 0 Å². The maximum absolute atomic E-state index is 9.59. The average Bonchev–Trinajstić information content (AvgIpc) is 3.05. The number of hydrogen-bond donors (Lipinski definition) is 1. The monoisotopic (exact) mass is 289 g/mol. The average molecular weight is 289 g/mol. The second kappa shape index (κ2) is 7.06. The Balaban J connectivity index is 1.87. The van der Waals surface area contributed by atoms with E-state index in [9.17, 15) is 5.26 Å². The summed E-state index contributed by atoms with van der Waals surface area (Å²) in [7, 11) is 4.16. The van der Waals surface area contributed by atoms with Gasteiger partial charge in [0.15, 0.2) is 0 Å². The van der Waals surface area contributed by atoms with Crippen molar-refractivity contribution in [3.05, 3.63) is 18.2 Å². The molecule has 1 heterocycles. The van der Waals surface area contributed by atoms with Gasteiger partial charge in [-0.2, -0.15) is 5.26 Å². The number of hydrogen-bond acceptors (Lipinski definition) is 4. The van der Waals surface area contributed by atoms with E-state index in [2.05, 4.69) is 39.8 Å². The topological polar surface area (TPSA) is 56.9 Å². The zero-order valence-corrected chi connectivity index (χ0v) is 13.5. The Morgan fingerprint density at radius 2 is 2.43 bits per heavy atom. The third-order valence-corrected chi connectivity index (χ3v) is 4.70. The van der Waals surface area contributed by atoms with Gasteiger partial charge in [0.25, 0.3) is 0 Å². The molecule has 1 aliphatic carbocycles. The molecule has 2 unspecified atom stereocenters. The minimum absolute atomic E-state index is 0.293. The number of nitrogens with zero attached hydrogens (tertiary/aromatic N) is 4. The molecule has 116 valence electrons. The first kappa shape index (κ1) is 16.0. The normalized spacial score (nSPS) is 25.4. The highest BCUT2D eigenvalue weighted by Gasteiger charge is 2.42. The van der Waals surface area contributed by atoms with E-state index in [1.165, 1.54) is 0 Å². The van der Waals surface area contributed by atoms with Gasteiger partial charge in [0, 0.05) is 19.4 Å². The molecule has 0 bridgehead atoms. The second-order valence-electron chi connectivity index (χ2n) is 6.18. The summed E-state index contributed by atoms with van der Waals surface area (Å²) in [6.45, 7) is 4.82. The number of aryl methyl sites for hydroxylation is 1. The van der Waals surface area contributed by atoms with Gasteiger partial charge in [0.2, 0.25) is 0 Å². The van der Waals surface area contributed by atoms with Gasteiger partial charge in [-0.3, -0.25) is 10.2 Å². The lowest BCUT2D eigenvalue weighted by atomic mass is 9.85. The molecule has 2 atom stereocenters. The molecule has 0 amide bonds. The minimum atomic E-state index is -0.293. The van der Waals surface area contributed by atoms with Crippen LogP contribution in [0.1, 0.15) is 38.4 Å². The van der Waals surface area contributed by atoms with Crippen molar-refractivity contribution < 1.29 is 0 Å². The standard InChI is InChI=1S/C16H27N5/c1-4-19-16(13-17)8-5-6-14(16)7-10-20(2)12-15-18-9-11-21(15)3/h9,11,14,19H,4-8,10,12H2,1-3H3. The lowest BCUT2D eigenvalue weighted by Gasteiger charge is -2.30. The van der Waals surface area contributed by atoms with Crippen molar-refractivity contribution in [2.45, 2.75) is 44.7 Å². The molecule has 0 aromatic carbocycles. The molecule has 1 aromatic rings. The van der Waals surface area contributed by atoms with Gasteiger partial charge in [-0.1, -0.05) is 13.3 Å². The number of aromatic nitrogens is 2. The third kappa shape index (κ3) is 3.63. The Labute approximate surface area is 128 Å². The fraction of sp³-hybridized carbons (Fsp3) is 0.750. The predicted molar refractivity (Wildman–Crippen MR) is 83.5 cm³/mol. The molecule has 2 rings (SSSR count). The van der Waals surface area contributed by atoms with Gasteiger partial charge in [-0.25, -0.2) is 4.98 Å². The summed E-state index contributed by atoms with van der Waals surface area (Å²) in [6, 6.07) is 2.56. The van der Waals surface area contributed by atoms with Crippen LogP contribution in [0, 0.1) is 17.2 Å². The van der Waals surface area contributed by atoms with Crippen LogP contribution in [0.3, 0.4) is 0 Å². The molecule has 0 saturated heterocycles. The van der Waals surface area contributed by atoms with Crippen molar-refractivity contribution in [2.75, 3.05) is 20.1 Å². The van der Waals surface area contributed by atoms with Crippen molar-refractivity contribution in [1.29, 1.82) is 5.26 Å². The van der Waals surface area contributed by atoms with Gasteiger partial charge >= 0.3 is 0 Å². The molecule has 0 radical (unpaired) electrons. The first-order valence-electron chi connectivity index (χ1n) is 7.92. The Kier molecular flexibility index (Phi) is 5.38. The highest BCUT2D eigenvalue weighted by molar-refractivity contribution is 5.14. The minimum Gasteiger partial charge on any atom is -0.337 e. The van der Waals surface area contributed by atoms with E-state index in [1.54, 1.807) is 0 Å². The van der Waals surface area contributed by atoms with Crippen molar-refractivity contribution in [3.63, 3.8) is 0 Å². The van der Waals surface area contributed by atoms with E-state index < -0.39 is 0 Å². The summed E-state index contributed by atoms with van der Waals surface area (Å²) in [6.07, 6.45) is 8.20. The molecule has 21 heavy (non-hydrogen) atoms. The molecule has 0 aliphatic heterocycles. The molecule has 1 fully saturated rings. The van der Waals surface area contributed by atoms with Crippen molar-refractivity contribution >= 4 is 0 Å². The van der Waals surface area contributed by atoms with Crippen molar-refractivity contribution in [2.24, 2.45) is 13.0 Å². The molecule has 5 heteroatoms. The fourth-order valence-electron chi connectivity index (χ4n) is 3.45. The summed E-state index contributed by atoms with van der Waals surface area (Å²) in [4.78, 5) is 6.67. The van der Waals surface area contributed by atoms with E-state index >= 15 is 0 Å². The molecular weight excluding hydrogens is 262 g/mol. The Morgan fingerprint density at radius 3 is 3.05 bits per heavy atom. The Bertz CT molecular complexity index is 489. The predicted octanol–water partition coefficient (Wildman–Crippen LogP) is 1.91. The van der Waals surface area contributed by atoms with Crippen molar-refractivity contribution in [3.8, 4) is 6.07 Å². The SMILES string of the molecule is CCNC1(C#N)CCCC1CCN(C)Cc1nccn1C. The molecule has 1 aliphatic rings. The van der Waals surface area contributed by atoms with Crippen LogP contribution in [-0.2, 0) is 13.6 Å². The summed E-state index contributed by atoms with van der Waals surface area (Å²) in [5, 5.41) is 13.0. The molecular formula is C16H27N5. The van der Waals surface area contributed by atoms with Crippen LogP contribution in [0.25, 0.3) is 0 Å². The summed E-state index contributed by atoms with van der Waals surface area (Å²) in [5.41, 5.74) is -0.293. The maximum Gasteiger partial charge on any atom is 0.122 e. The highest BCUT2D eigenvalue weighted by Crippen LogP contribution is 2.37. The Hall–Kier alpha value is -1.38. The summed E-state index contributed by atoms with van der Waals surface area (Å²) < 4.78 is 2.06. The van der Waals surface area contributed by atoms with E-state index in [-0.39, 0.29) is 5.54 Å². The maximum atomic E-state index is 9.59. The van der Waals surface area contributed by atoms with Gasteiger partial charge in [-0.05, 0) is 45.3 Å². The smallest absolute Gasteiger partial charge is 0.122 e. The van der Waals surface area contributed by atoms with E-state index in [4.69, 9.17) is 0 Å². The van der Waals surface area contributed by atoms with E-state index in [1.807, 2.05) is 19.4 Å². The molecule has 5 nitrogen and oxygen atoms in total. The van der Waals surface area contributed by atoms with Crippen LogP contribution in [0.4, 0.5) is 0 Å². The fourth-order valence-corrected chi connectivity index (χ4v) is 3.45. The van der Waals surface area contributed by atoms with Crippen molar-refractivity contribution in [1.82, 2.24) is 19.8 Å². The summed E-state index contributed by atoms with van der Waals surface area (Å²) in [5.74, 6) is 1.55. The molecule has 1 saturated carbocycles. The Morgan fingerprint density at radius 1 is 1.62 bits per heavy atom. The number of nitrogens with one attached hydrogen (secondary N) is 1.